The maximum absolute atomic E-state index is 12.7. The molecule has 0 heterocycles. The lowest BCUT2D eigenvalue weighted by atomic mass is 10.1. The summed E-state index contributed by atoms with van der Waals surface area (Å²) in [5.41, 5.74) is 5.90. The molecule has 0 aromatic heterocycles. The van der Waals surface area contributed by atoms with E-state index in [1.165, 1.54) is 12.1 Å². The van der Waals surface area contributed by atoms with Crippen molar-refractivity contribution < 1.29 is 14.0 Å². The van der Waals surface area contributed by atoms with Crippen molar-refractivity contribution in [2.45, 2.75) is 26.3 Å². The Hall–Kier alpha value is -1.75. The van der Waals surface area contributed by atoms with Crippen LogP contribution in [-0.2, 0) is 16.0 Å². The first-order valence-electron chi connectivity index (χ1n) is 6.17. The van der Waals surface area contributed by atoms with Crippen LogP contribution in [0.1, 0.15) is 19.4 Å². The molecule has 1 aromatic carbocycles. The number of rotatable bonds is 7. The van der Waals surface area contributed by atoms with Crippen molar-refractivity contribution in [3.05, 3.63) is 35.6 Å². The van der Waals surface area contributed by atoms with E-state index in [1.807, 2.05) is 13.8 Å². The standard InChI is InChI=1S/C14H19FN2O2/c1-10(2)17(9-14(16)19)8-13(18)7-11-3-5-12(15)6-4-11/h3-6,10H,7-9H2,1-2H3,(H2,16,19). The molecular weight excluding hydrogens is 247 g/mol. The Labute approximate surface area is 112 Å². The lowest BCUT2D eigenvalue weighted by molar-refractivity contribution is -0.122. The summed E-state index contributed by atoms with van der Waals surface area (Å²) in [6.07, 6.45) is 0.224. The molecule has 1 aromatic rings. The highest BCUT2D eigenvalue weighted by molar-refractivity contribution is 5.83. The number of amides is 1. The molecule has 1 amide bonds. The zero-order valence-electron chi connectivity index (χ0n) is 11.2. The Morgan fingerprint density at radius 2 is 1.79 bits per heavy atom. The molecule has 0 aliphatic carbocycles. The lowest BCUT2D eigenvalue weighted by Crippen LogP contribution is -2.41. The van der Waals surface area contributed by atoms with Gasteiger partial charge in [0.25, 0.3) is 0 Å². The Balaban J connectivity index is 2.57. The van der Waals surface area contributed by atoms with Crippen molar-refractivity contribution in [3.8, 4) is 0 Å². The molecular formula is C14H19FN2O2. The van der Waals surface area contributed by atoms with Crippen LogP contribution in [0.2, 0.25) is 0 Å². The molecule has 0 spiro atoms. The normalized spacial score (nSPS) is 11.0. The van der Waals surface area contributed by atoms with Gasteiger partial charge in [-0.05, 0) is 31.5 Å². The van der Waals surface area contributed by atoms with Gasteiger partial charge >= 0.3 is 0 Å². The van der Waals surface area contributed by atoms with Crippen molar-refractivity contribution in [3.63, 3.8) is 0 Å². The highest BCUT2D eigenvalue weighted by atomic mass is 19.1. The zero-order valence-corrected chi connectivity index (χ0v) is 11.2. The van der Waals surface area contributed by atoms with E-state index in [9.17, 15) is 14.0 Å². The van der Waals surface area contributed by atoms with Crippen LogP contribution in [-0.4, -0.2) is 35.7 Å². The van der Waals surface area contributed by atoms with Gasteiger partial charge < -0.3 is 5.73 Å². The van der Waals surface area contributed by atoms with Gasteiger partial charge in [-0.3, -0.25) is 14.5 Å². The van der Waals surface area contributed by atoms with Crippen molar-refractivity contribution in [2.75, 3.05) is 13.1 Å². The second-order valence-electron chi connectivity index (χ2n) is 4.81. The Bertz CT molecular complexity index is 443. The van der Waals surface area contributed by atoms with Gasteiger partial charge in [0.15, 0.2) is 5.78 Å². The van der Waals surface area contributed by atoms with Gasteiger partial charge in [0, 0.05) is 12.5 Å². The molecule has 4 nitrogen and oxygen atoms in total. The molecule has 0 radical (unpaired) electrons. The molecule has 0 saturated carbocycles. The number of nitrogens with two attached hydrogens (primary N) is 1. The van der Waals surface area contributed by atoms with Gasteiger partial charge in [-0.1, -0.05) is 12.1 Å². The number of primary amides is 1. The van der Waals surface area contributed by atoms with Crippen LogP contribution in [0.4, 0.5) is 4.39 Å². The van der Waals surface area contributed by atoms with Crippen LogP contribution >= 0.6 is 0 Å². The second kappa shape index (κ2) is 6.99. The number of benzene rings is 1. The summed E-state index contributed by atoms with van der Waals surface area (Å²) < 4.78 is 12.7. The molecule has 0 aliphatic rings. The highest BCUT2D eigenvalue weighted by Crippen LogP contribution is 2.05. The minimum atomic E-state index is -0.455. The molecule has 1 rings (SSSR count). The molecule has 0 atom stereocenters. The second-order valence-corrected chi connectivity index (χ2v) is 4.81. The average molecular weight is 266 g/mol. The summed E-state index contributed by atoms with van der Waals surface area (Å²) >= 11 is 0. The summed E-state index contributed by atoms with van der Waals surface area (Å²) in [6.45, 7) is 4.02. The Kier molecular flexibility index (Phi) is 5.63. The summed E-state index contributed by atoms with van der Waals surface area (Å²) in [4.78, 5) is 24.5. The minimum absolute atomic E-state index is 0.0263. The number of Topliss-reactive ketones (excluding diaryl/α,β-unsaturated/α-hetero) is 1. The van der Waals surface area contributed by atoms with Gasteiger partial charge in [-0.2, -0.15) is 0 Å². The zero-order chi connectivity index (χ0) is 14.4. The molecule has 19 heavy (non-hydrogen) atoms. The number of hydrogen-bond acceptors (Lipinski definition) is 3. The molecule has 0 unspecified atom stereocenters. The third-order valence-electron chi connectivity index (χ3n) is 2.78. The maximum Gasteiger partial charge on any atom is 0.231 e. The molecule has 0 saturated heterocycles. The SMILES string of the molecule is CC(C)N(CC(N)=O)CC(=O)Cc1ccc(F)cc1. The molecule has 0 aliphatic heterocycles. The predicted molar refractivity (Wildman–Crippen MR) is 71.0 cm³/mol. The van der Waals surface area contributed by atoms with Gasteiger partial charge in [-0.15, -0.1) is 0 Å². The predicted octanol–water partition coefficient (Wildman–Crippen LogP) is 1.13. The fraction of sp³-hybridized carbons (Fsp3) is 0.429. The first-order valence-corrected chi connectivity index (χ1v) is 6.17. The summed E-state index contributed by atoms with van der Waals surface area (Å²) in [5, 5.41) is 0. The van der Waals surface area contributed by atoms with E-state index in [0.29, 0.717) is 0 Å². The first kappa shape index (κ1) is 15.3. The van der Waals surface area contributed by atoms with Crippen LogP contribution in [0.5, 0.6) is 0 Å². The number of halogens is 1. The maximum atomic E-state index is 12.7. The average Bonchev–Trinajstić information content (AvgIpc) is 2.30. The van der Waals surface area contributed by atoms with Crippen molar-refractivity contribution in [1.29, 1.82) is 0 Å². The van der Waals surface area contributed by atoms with Crippen LogP contribution in [0.3, 0.4) is 0 Å². The molecule has 0 fully saturated rings. The van der Waals surface area contributed by atoms with E-state index in [1.54, 1.807) is 17.0 Å². The highest BCUT2D eigenvalue weighted by Gasteiger charge is 2.16. The summed E-state index contributed by atoms with van der Waals surface area (Å²) in [5.74, 6) is -0.807. The monoisotopic (exact) mass is 266 g/mol. The van der Waals surface area contributed by atoms with Gasteiger partial charge in [-0.25, -0.2) is 4.39 Å². The van der Waals surface area contributed by atoms with Crippen LogP contribution in [0, 0.1) is 5.82 Å². The molecule has 0 bridgehead atoms. The summed E-state index contributed by atoms with van der Waals surface area (Å²) in [7, 11) is 0. The van der Waals surface area contributed by atoms with Gasteiger partial charge in [0.2, 0.25) is 5.91 Å². The lowest BCUT2D eigenvalue weighted by Gasteiger charge is -2.24. The van der Waals surface area contributed by atoms with Gasteiger partial charge in [0.05, 0.1) is 13.1 Å². The number of carbonyl (C=O) groups is 2. The number of ketones is 1. The number of hydrogen-bond donors (Lipinski definition) is 1. The van der Waals surface area contributed by atoms with Crippen molar-refractivity contribution in [1.82, 2.24) is 4.90 Å². The fourth-order valence-electron chi connectivity index (χ4n) is 1.73. The third kappa shape index (κ3) is 5.61. The van der Waals surface area contributed by atoms with Crippen LogP contribution in [0.15, 0.2) is 24.3 Å². The van der Waals surface area contributed by atoms with E-state index >= 15 is 0 Å². The minimum Gasteiger partial charge on any atom is -0.369 e. The molecule has 5 heteroatoms. The topological polar surface area (TPSA) is 63.4 Å². The van der Waals surface area contributed by atoms with E-state index in [4.69, 9.17) is 5.73 Å². The van der Waals surface area contributed by atoms with Crippen molar-refractivity contribution in [2.24, 2.45) is 5.73 Å². The fourth-order valence-corrected chi connectivity index (χ4v) is 1.73. The third-order valence-corrected chi connectivity index (χ3v) is 2.78. The molecule has 2 N–H and O–H groups in total. The first-order chi connectivity index (χ1) is 8.88. The van der Waals surface area contributed by atoms with E-state index in [2.05, 4.69) is 0 Å². The number of carbonyl (C=O) groups excluding carboxylic acids is 2. The van der Waals surface area contributed by atoms with Gasteiger partial charge in [0.1, 0.15) is 5.82 Å². The van der Waals surface area contributed by atoms with E-state index in [-0.39, 0.29) is 37.2 Å². The smallest absolute Gasteiger partial charge is 0.231 e. The van der Waals surface area contributed by atoms with E-state index in [0.717, 1.165) is 5.56 Å². The quantitative estimate of drug-likeness (QED) is 0.804. The van der Waals surface area contributed by atoms with Crippen molar-refractivity contribution >= 4 is 11.7 Å². The Morgan fingerprint density at radius 3 is 2.26 bits per heavy atom. The van der Waals surface area contributed by atoms with Crippen LogP contribution in [0.25, 0.3) is 0 Å². The summed E-state index contributed by atoms with van der Waals surface area (Å²) in [6, 6.07) is 5.88. The Morgan fingerprint density at radius 1 is 1.21 bits per heavy atom. The largest absolute Gasteiger partial charge is 0.369 e. The number of nitrogens with zero attached hydrogens (tertiary/aromatic N) is 1. The van der Waals surface area contributed by atoms with Crippen LogP contribution < -0.4 is 5.73 Å². The van der Waals surface area contributed by atoms with E-state index < -0.39 is 5.91 Å². The molecule has 104 valence electrons.